The van der Waals surface area contributed by atoms with Crippen molar-refractivity contribution in [2.75, 3.05) is 25.1 Å². The standard InChI is InChI=1S/C21H24F2N2O5S/c1-3-14-4-5-15(21(27)24-16-6-7-18(22)19(23)9-16)8-20(14)31(28,29)25-10-17(26)12-30-11-13(25)2/h4-9,13,17,26H,3,10-12H2,1-2H3,(H,24,27). The van der Waals surface area contributed by atoms with Crippen LogP contribution in [0.1, 0.15) is 29.8 Å². The Morgan fingerprint density at radius 2 is 1.94 bits per heavy atom. The lowest BCUT2D eigenvalue weighted by Crippen LogP contribution is -2.43. The number of halogens is 2. The van der Waals surface area contributed by atoms with Crippen molar-refractivity contribution >= 4 is 21.6 Å². The van der Waals surface area contributed by atoms with Gasteiger partial charge in [0.1, 0.15) is 0 Å². The van der Waals surface area contributed by atoms with Crippen LogP contribution in [0.5, 0.6) is 0 Å². The summed E-state index contributed by atoms with van der Waals surface area (Å²) in [6, 6.07) is 6.69. The van der Waals surface area contributed by atoms with Gasteiger partial charge < -0.3 is 15.2 Å². The van der Waals surface area contributed by atoms with E-state index in [4.69, 9.17) is 4.74 Å². The summed E-state index contributed by atoms with van der Waals surface area (Å²) in [4.78, 5) is 12.6. The van der Waals surface area contributed by atoms with Gasteiger partial charge in [0.05, 0.1) is 24.2 Å². The van der Waals surface area contributed by atoms with Crippen LogP contribution in [0.25, 0.3) is 0 Å². The van der Waals surface area contributed by atoms with E-state index in [1.807, 2.05) is 0 Å². The highest BCUT2D eigenvalue weighted by atomic mass is 32.2. The Balaban J connectivity index is 1.95. The second kappa shape index (κ2) is 9.39. The monoisotopic (exact) mass is 454 g/mol. The molecule has 2 aromatic carbocycles. The Kier molecular flexibility index (Phi) is 7.05. The second-order valence-electron chi connectivity index (χ2n) is 7.37. The molecule has 0 spiro atoms. The van der Waals surface area contributed by atoms with Crippen LogP contribution in [0.2, 0.25) is 0 Å². The fourth-order valence-electron chi connectivity index (χ4n) is 3.36. The molecule has 0 saturated carbocycles. The molecule has 0 aliphatic carbocycles. The number of β-amino-alcohol motifs (C(OH)–C–C–N with tert-alkyl or cyclic N) is 1. The first-order valence-corrected chi connectivity index (χ1v) is 11.2. The lowest BCUT2D eigenvalue weighted by Gasteiger charge is -2.27. The fourth-order valence-corrected chi connectivity index (χ4v) is 5.34. The van der Waals surface area contributed by atoms with Crippen LogP contribution in [0.15, 0.2) is 41.3 Å². The van der Waals surface area contributed by atoms with Gasteiger partial charge in [-0.15, -0.1) is 0 Å². The molecule has 0 radical (unpaired) electrons. The molecule has 7 nitrogen and oxygen atoms in total. The first-order chi connectivity index (χ1) is 14.6. The van der Waals surface area contributed by atoms with Gasteiger partial charge >= 0.3 is 0 Å². The predicted molar refractivity (Wildman–Crippen MR) is 110 cm³/mol. The minimum atomic E-state index is -4.05. The summed E-state index contributed by atoms with van der Waals surface area (Å²) in [5, 5.41) is 12.4. The summed E-state index contributed by atoms with van der Waals surface area (Å²) < 4.78 is 59.9. The van der Waals surface area contributed by atoms with Gasteiger partial charge in [-0.2, -0.15) is 4.31 Å². The third kappa shape index (κ3) is 5.09. The maximum absolute atomic E-state index is 13.4. The Morgan fingerprint density at radius 1 is 1.19 bits per heavy atom. The van der Waals surface area contributed by atoms with E-state index in [1.165, 1.54) is 22.5 Å². The molecule has 0 bridgehead atoms. The van der Waals surface area contributed by atoms with Crippen molar-refractivity contribution in [1.29, 1.82) is 0 Å². The molecule has 2 aromatic rings. The Labute approximate surface area is 179 Å². The molecule has 2 atom stereocenters. The molecule has 2 N–H and O–H groups in total. The number of hydrogen-bond donors (Lipinski definition) is 2. The van der Waals surface area contributed by atoms with Gasteiger partial charge in [-0.25, -0.2) is 17.2 Å². The van der Waals surface area contributed by atoms with Crippen LogP contribution in [0.3, 0.4) is 0 Å². The highest BCUT2D eigenvalue weighted by Crippen LogP contribution is 2.26. The van der Waals surface area contributed by atoms with Crippen LogP contribution in [0, 0.1) is 11.6 Å². The maximum atomic E-state index is 13.4. The Bertz CT molecular complexity index is 1080. The predicted octanol–water partition coefficient (Wildman–Crippen LogP) is 2.55. The second-order valence-corrected chi connectivity index (χ2v) is 9.23. The number of aliphatic hydroxyl groups excluding tert-OH is 1. The van der Waals surface area contributed by atoms with E-state index >= 15 is 0 Å². The van der Waals surface area contributed by atoms with E-state index in [-0.39, 0.29) is 35.9 Å². The van der Waals surface area contributed by atoms with Crippen LogP contribution in [-0.4, -0.2) is 55.6 Å². The van der Waals surface area contributed by atoms with Crippen LogP contribution >= 0.6 is 0 Å². The highest BCUT2D eigenvalue weighted by Gasteiger charge is 2.34. The van der Waals surface area contributed by atoms with Crippen LogP contribution in [-0.2, 0) is 21.2 Å². The van der Waals surface area contributed by atoms with Crippen molar-refractivity contribution in [1.82, 2.24) is 4.31 Å². The molecule has 1 fully saturated rings. The zero-order valence-electron chi connectivity index (χ0n) is 17.1. The highest BCUT2D eigenvalue weighted by molar-refractivity contribution is 7.89. The zero-order chi connectivity index (χ0) is 22.8. The number of ether oxygens (including phenoxy) is 1. The molecule has 1 aliphatic rings. The molecule has 0 aromatic heterocycles. The van der Waals surface area contributed by atoms with E-state index in [2.05, 4.69) is 5.32 Å². The van der Waals surface area contributed by atoms with E-state index in [9.17, 15) is 27.1 Å². The van der Waals surface area contributed by atoms with Gasteiger partial charge in [-0.3, -0.25) is 4.79 Å². The number of carbonyl (C=O) groups is 1. The minimum absolute atomic E-state index is 0.0354. The number of hydrogen-bond acceptors (Lipinski definition) is 5. The Morgan fingerprint density at radius 3 is 2.61 bits per heavy atom. The number of nitrogens with one attached hydrogen (secondary N) is 1. The van der Waals surface area contributed by atoms with E-state index in [0.717, 1.165) is 12.1 Å². The SMILES string of the molecule is CCc1ccc(C(=O)Nc2ccc(F)c(F)c2)cc1S(=O)(=O)N1CC(O)COCC1C. The number of anilines is 1. The summed E-state index contributed by atoms with van der Waals surface area (Å²) in [6.45, 7) is 3.51. The van der Waals surface area contributed by atoms with Crippen LogP contribution in [0.4, 0.5) is 14.5 Å². The molecule has 31 heavy (non-hydrogen) atoms. The lowest BCUT2D eigenvalue weighted by molar-refractivity contribution is 0.0551. The minimum Gasteiger partial charge on any atom is -0.389 e. The van der Waals surface area contributed by atoms with Gasteiger partial charge in [0.15, 0.2) is 11.6 Å². The normalized spacial score (nSPS) is 20.3. The first kappa shape index (κ1) is 23.3. The number of amides is 1. The van der Waals surface area contributed by atoms with Crippen LogP contribution < -0.4 is 5.32 Å². The number of benzene rings is 2. The summed E-state index contributed by atoms with van der Waals surface area (Å²) in [5.41, 5.74) is 0.588. The maximum Gasteiger partial charge on any atom is 0.255 e. The topological polar surface area (TPSA) is 95.9 Å². The van der Waals surface area contributed by atoms with E-state index in [0.29, 0.717) is 12.0 Å². The number of rotatable bonds is 5. The number of carbonyl (C=O) groups excluding carboxylic acids is 1. The molecule has 3 rings (SSSR count). The van der Waals surface area contributed by atoms with Crippen molar-refractivity contribution in [2.45, 2.75) is 37.3 Å². The van der Waals surface area contributed by atoms with Crippen molar-refractivity contribution < 1.29 is 31.8 Å². The Hall–Kier alpha value is -2.40. The lowest BCUT2D eigenvalue weighted by atomic mass is 10.1. The smallest absolute Gasteiger partial charge is 0.255 e. The quantitative estimate of drug-likeness (QED) is 0.724. The van der Waals surface area contributed by atoms with E-state index < -0.39 is 39.7 Å². The molecule has 1 aliphatic heterocycles. The molecule has 1 amide bonds. The molecule has 1 heterocycles. The zero-order valence-corrected chi connectivity index (χ0v) is 18.0. The number of aryl methyl sites for hydroxylation is 1. The molecule has 2 unspecified atom stereocenters. The van der Waals surface area contributed by atoms with Gasteiger partial charge in [0, 0.05) is 29.9 Å². The van der Waals surface area contributed by atoms with Gasteiger partial charge in [0.2, 0.25) is 10.0 Å². The number of sulfonamides is 1. The average molecular weight is 454 g/mol. The van der Waals surface area contributed by atoms with Crippen molar-refractivity contribution in [3.05, 3.63) is 59.2 Å². The van der Waals surface area contributed by atoms with E-state index in [1.54, 1.807) is 19.9 Å². The van der Waals surface area contributed by atoms with Crippen molar-refractivity contribution in [3.8, 4) is 0 Å². The summed E-state index contributed by atoms with van der Waals surface area (Å²) in [7, 11) is -4.05. The third-order valence-corrected chi connectivity index (χ3v) is 7.09. The molecular weight excluding hydrogens is 430 g/mol. The molecule has 1 saturated heterocycles. The summed E-state index contributed by atoms with van der Waals surface area (Å²) in [6.07, 6.45) is -0.564. The first-order valence-electron chi connectivity index (χ1n) is 9.80. The van der Waals surface area contributed by atoms with Gasteiger partial charge in [-0.05, 0) is 43.2 Å². The average Bonchev–Trinajstić information content (AvgIpc) is 2.91. The van der Waals surface area contributed by atoms with Crippen molar-refractivity contribution in [3.63, 3.8) is 0 Å². The number of aliphatic hydroxyl groups is 1. The molecule has 168 valence electrons. The fraction of sp³-hybridized carbons (Fsp3) is 0.381. The molecule has 10 heteroatoms. The molecular formula is C21H24F2N2O5S. The summed E-state index contributed by atoms with van der Waals surface area (Å²) in [5.74, 6) is -2.83. The number of nitrogens with zero attached hydrogens (tertiary/aromatic N) is 1. The van der Waals surface area contributed by atoms with Crippen molar-refractivity contribution in [2.24, 2.45) is 0 Å². The summed E-state index contributed by atoms with van der Waals surface area (Å²) >= 11 is 0. The third-order valence-electron chi connectivity index (χ3n) is 5.03. The van der Waals surface area contributed by atoms with Gasteiger partial charge in [0.25, 0.3) is 5.91 Å². The van der Waals surface area contributed by atoms with Gasteiger partial charge in [-0.1, -0.05) is 13.0 Å². The largest absolute Gasteiger partial charge is 0.389 e.